The maximum absolute atomic E-state index is 12.4. The number of nitrogens with zero attached hydrogens (tertiary/aromatic N) is 3. The molecule has 0 amide bonds. The molecular weight excluding hydrogens is 358 g/mol. The van der Waals surface area contributed by atoms with Gasteiger partial charge in [0.2, 0.25) is 0 Å². The third kappa shape index (κ3) is 3.57. The molecule has 0 aliphatic carbocycles. The van der Waals surface area contributed by atoms with E-state index >= 15 is 0 Å². The highest BCUT2D eigenvalue weighted by Gasteiger charge is 2.22. The Balaban J connectivity index is 1.76. The number of nitro benzene ring substituents is 1. The topological polar surface area (TPSA) is 87.3 Å². The van der Waals surface area contributed by atoms with Crippen molar-refractivity contribution in [3.63, 3.8) is 0 Å². The van der Waals surface area contributed by atoms with E-state index in [-0.39, 0.29) is 23.0 Å². The lowest BCUT2D eigenvalue weighted by molar-refractivity contribution is -0.384. The van der Waals surface area contributed by atoms with Crippen molar-refractivity contribution in [3.05, 3.63) is 86.7 Å². The molecule has 0 atom stereocenters. The van der Waals surface area contributed by atoms with E-state index in [1.165, 1.54) is 28.9 Å². The van der Waals surface area contributed by atoms with Crippen molar-refractivity contribution >= 4 is 23.3 Å². The van der Waals surface area contributed by atoms with E-state index in [1.54, 1.807) is 6.92 Å². The largest absolute Gasteiger partial charge is 0.457 e. The minimum atomic E-state index is -0.604. The Morgan fingerprint density at radius 2 is 1.85 bits per heavy atom. The normalized spacial score (nSPS) is 10.5. The summed E-state index contributed by atoms with van der Waals surface area (Å²) in [7, 11) is 0. The van der Waals surface area contributed by atoms with E-state index in [2.05, 4.69) is 5.10 Å². The zero-order valence-corrected chi connectivity index (χ0v) is 14.5. The van der Waals surface area contributed by atoms with Crippen molar-refractivity contribution in [3.8, 4) is 5.69 Å². The molecule has 0 saturated heterocycles. The number of halogens is 1. The predicted octanol–water partition coefficient (Wildman–Crippen LogP) is 4.10. The van der Waals surface area contributed by atoms with E-state index in [4.69, 9.17) is 16.3 Å². The van der Waals surface area contributed by atoms with Crippen molar-refractivity contribution in [1.29, 1.82) is 0 Å². The molecule has 132 valence electrons. The van der Waals surface area contributed by atoms with Gasteiger partial charge in [-0.3, -0.25) is 10.1 Å². The quantitative estimate of drug-likeness (QED) is 0.383. The fraction of sp³-hybridized carbons (Fsp3) is 0.111. The van der Waals surface area contributed by atoms with Crippen LogP contribution >= 0.6 is 11.6 Å². The summed E-state index contributed by atoms with van der Waals surface area (Å²) in [5.74, 6) is -0.604. The van der Waals surface area contributed by atoms with Gasteiger partial charge in [-0.1, -0.05) is 29.8 Å². The Morgan fingerprint density at radius 1 is 1.19 bits per heavy atom. The van der Waals surface area contributed by atoms with Crippen molar-refractivity contribution in [2.24, 2.45) is 0 Å². The number of aromatic nitrogens is 2. The third-order valence-corrected chi connectivity index (χ3v) is 4.08. The highest BCUT2D eigenvalue weighted by molar-refractivity contribution is 6.33. The molecule has 0 unspecified atom stereocenters. The van der Waals surface area contributed by atoms with Crippen LogP contribution in [0.5, 0.6) is 0 Å². The average Bonchev–Trinajstić information content (AvgIpc) is 2.95. The van der Waals surface area contributed by atoms with Gasteiger partial charge >= 0.3 is 5.97 Å². The maximum Gasteiger partial charge on any atom is 0.343 e. The van der Waals surface area contributed by atoms with Crippen LogP contribution in [0, 0.1) is 17.0 Å². The number of carbonyl (C=O) groups excluding carboxylic acids is 1. The summed E-state index contributed by atoms with van der Waals surface area (Å²) in [4.78, 5) is 22.6. The first-order chi connectivity index (χ1) is 12.5. The zero-order chi connectivity index (χ0) is 18.7. The van der Waals surface area contributed by atoms with Crippen LogP contribution in [0.25, 0.3) is 5.69 Å². The minimum Gasteiger partial charge on any atom is -0.457 e. The van der Waals surface area contributed by atoms with Crippen molar-refractivity contribution in [2.45, 2.75) is 13.5 Å². The highest BCUT2D eigenvalue weighted by atomic mass is 35.5. The van der Waals surface area contributed by atoms with Crippen LogP contribution in [0.4, 0.5) is 5.69 Å². The second kappa shape index (κ2) is 7.37. The first kappa shape index (κ1) is 17.6. The summed E-state index contributed by atoms with van der Waals surface area (Å²) in [5, 5.41) is 15.1. The number of ether oxygens (including phenoxy) is 1. The summed E-state index contributed by atoms with van der Waals surface area (Å²) in [6.45, 7) is 1.65. The molecule has 1 heterocycles. The molecule has 0 radical (unpaired) electrons. The van der Waals surface area contributed by atoms with Gasteiger partial charge in [0.25, 0.3) is 5.69 Å². The fourth-order valence-corrected chi connectivity index (χ4v) is 2.76. The Bertz CT molecular complexity index is 953. The number of rotatable bonds is 5. The molecule has 0 aliphatic heterocycles. The standard InChI is InChI=1S/C18H14ClN3O4/c1-12-16(17(19)21(20-12)14-5-3-2-4-6-14)18(23)26-11-13-7-9-15(10-8-13)22(24)25/h2-10H,11H2,1H3. The number of esters is 1. The van der Waals surface area contributed by atoms with Gasteiger partial charge < -0.3 is 4.74 Å². The van der Waals surface area contributed by atoms with Crippen LogP contribution in [-0.2, 0) is 11.3 Å². The third-order valence-electron chi connectivity index (χ3n) is 3.73. The number of benzene rings is 2. The molecule has 0 bridgehead atoms. The number of non-ortho nitro benzene ring substituents is 1. The maximum atomic E-state index is 12.4. The summed E-state index contributed by atoms with van der Waals surface area (Å²) in [5.41, 5.74) is 1.98. The predicted molar refractivity (Wildman–Crippen MR) is 95.5 cm³/mol. The minimum absolute atomic E-state index is 0.0247. The summed E-state index contributed by atoms with van der Waals surface area (Å²) in [6.07, 6.45) is 0. The van der Waals surface area contributed by atoms with Crippen LogP contribution in [-0.4, -0.2) is 20.7 Å². The molecule has 3 rings (SSSR count). The molecule has 0 N–H and O–H groups in total. The van der Waals surface area contributed by atoms with E-state index in [0.717, 1.165) is 5.69 Å². The molecule has 0 saturated carbocycles. The zero-order valence-electron chi connectivity index (χ0n) is 13.8. The molecule has 7 nitrogen and oxygen atoms in total. The van der Waals surface area contributed by atoms with Crippen LogP contribution in [0.3, 0.4) is 0 Å². The molecule has 0 aliphatic rings. The van der Waals surface area contributed by atoms with E-state index in [9.17, 15) is 14.9 Å². The average molecular weight is 372 g/mol. The number of aryl methyl sites for hydroxylation is 1. The van der Waals surface area contributed by atoms with Crippen molar-refractivity contribution < 1.29 is 14.5 Å². The van der Waals surface area contributed by atoms with Gasteiger partial charge in [0.1, 0.15) is 17.3 Å². The highest BCUT2D eigenvalue weighted by Crippen LogP contribution is 2.24. The Labute approximate surface area is 153 Å². The van der Waals surface area contributed by atoms with Gasteiger partial charge in [0, 0.05) is 12.1 Å². The number of carbonyl (C=O) groups is 1. The van der Waals surface area contributed by atoms with E-state index < -0.39 is 10.9 Å². The van der Waals surface area contributed by atoms with Crippen LogP contribution in [0.2, 0.25) is 5.15 Å². The number of nitro groups is 1. The monoisotopic (exact) mass is 371 g/mol. The van der Waals surface area contributed by atoms with Gasteiger partial charge in [-0.2, -0.15) is 5.10 Å². The first-order valence-corrected chi connectivity index (χ1v) is 8.06. The van der Waals surface area contributed by atoms with Crippen LogP contribution in [0.1, 0.15) is 21.6 Å². The summed E-state index contributed by atoms with van der Waals surface area (Å²) in [6, 6.07) is 15.0. The molecule has 0 spiro atoms. The number of para-hydroxylation sites is 1. The second-order valence-electron chi connectivity index (χ2n) is 5.50. The molecule has 2 aromatic carbocycles. The van der Waals surface area contributed by atoms with Gasteiger partial charge in [0.05, 0.1) is 16.3 Å². The number of hydrogen-bond donors (Lipinski definition) is 0. The summed E-state index contributed by atoms with van der Waals surface area (Å²) < 4.78 is 6.75. The lowest BCUT2D eigenvalue weighted by Gasteiger charge is -2.05. The summed E-state index contributed by atoms with van der Waals surface area (Å²) >= 11 is 6.32. The van der Waals surface area contributed by atoms with Gasteiger partial charge in [-0.05, 0) is 36.8 Å². The van der Waals surface area contributed by atoms with Crippen LogP contribution < -0.4 is 0 Å². The molecule has 8 heteroatoms. The van der Waals surface area contributed by atoms with Gasteiger partial charge in [-0.25, -0.2) is 9.48 Å². The second-order valence-corrected chi connectivity index (χ2v) is 5.86. The lowest BCUT2D eigenvalue weighted by atomic mass is 10.2. The molecule has 3 aromatic rings. The van der Waals surface area contributed by atoms with Gasteiger partial charge in [0.15, 0.2) is 0 Å². The number of hydrogen-bond acceptors (Lipinski definition) is 5. The molecule has 1 aromatic heterocycles. The smallest absolute Gasteiger partial charge is 0.343 e. The fourth-order valence-electron chi connectivity index (χ4n) is 2.41. The van der Waals surface area contributed by atoms with Crippen molar-refractivity contribution in [2.75, 3.05) is 0 Å². The molecule has 26 heavy (non-hydrogen) atoms. The Hall–Kier alpha value is -3.19. The lowest BCUT2D eigenvalue weighted by Crippen LogP contribution is -2.07. The van der Waals surface area contributed by atoms with Crippen LogP contribution in [0.15, 0.2) is 54.6 Å². The van der Waals surface area contributed by atoms with E-state index in [1.807, 2.05) is 30.3 Å². The Morgan fingerprint density at radius 3 is 2.46 bits per heavy atom. The molecular formula is C18H14ClN3O4. The Kier molecular flexibility index (Phi) is 4.99. The van der Waals surface area contributed by atoms with Crippen molar-refractivity contribution in [1.82, 2.24) is 9.78 Å². The SMILES string of the molecule is Cc1nn(-c2ccccc2)c(Cl)c1C(=O)OCc1ccc([N+](=O)[O-])cc1. The molecule has 0 fully saturated rings. The van der Waals surface area contributed by atoms with E-state index in [0.29, 0.717) is 11.3 Å². The van der Waals surface area contributed by atoms with Gasteiger partial charge in [-0.15, -0.1) is 0 Å². The first-order valence-electron chi connectivity index (χ1n) is 7.68.